The Hall–Kier alpha value is -4.23. The second kappa shape index (κ2) is 22.0. The van der Waals surface area contributed by atoms with Gasteiger partial charge in [0.05, 0.1) is 6.42 Å². The second-order valence-corrected chi connectivity index (χ2v) is 5.65. The fourth-order valence-electron chi connectivity index (χ4n) is 2.16. The van der Waals surface area contributed by atoms with Gasteiger partial charge in [-0.3, -0.25) is 14.4 Å². The van der Waals surface area contributed by atoms with Crippen LogP contribution < -0.4 is 5.32 Å². The smallest absolute Gasteiger partial charge is 0.373 e. The number of carbonyl (C=O) groups is 3. The summed E-state index contributed by atoms with van der Waals surface area (Å²) in [6.45, 7) is 2.17. The first-order valence-corrected chi connectivity index (χ1v) is 8.90. The van der Waals surface area contributed by atoms with Crippen LogP contribution in [0.4, 0.5) is 5.69 Å². The molecule has 0 aliphatic carbocycles. The van der Waals surface area contributed by atoms with Crippen molar-refractivity contribution in [2.75, 3.05) is 5.32 Å². The van der Waals surface area contributed by atoms with Crippen LogP contribution in [0.2, 0.25) is 0 Å². The van der Waals surface area contributed by atoms with Gasteiger partial charge in [-0.25, -0.2) is 0 Å². The fraction of sp³-hybridized carbons (Fsp3) is 0.136. The first kappa shape index (κ1) is 34.4. The van der Waals surface area contributed by atoms with E-state index in [1.165, 1.54) is 10.9 Å². The number of benzene rings is 2. The number of H-pyrrole nitrogens is 1. The number of rotatable bonds is 0. The summed E-state index contributed by atoms with van der Waals surface area (Å²) in [5.74, 6) is -1.57. The van der Waals surface area contributed by atoms with Crippen molar-refractivity contribution in [3.05, 3.63) is 66.4 Å². The number of aliphatic carboxylic acids is 2. The number of carbonyl (C=O) groups excluding carboxylic acids is 5. The average molecular weight is 524 g/mol. The summed E-state index contributed by atoms with van der Waals surface area (Å²) in [4.78, 5) is 64.4. The molecule has 176 valence electrons. The number of carboxylic acid groups (broad SMARTS) is 2. The van der Waals surface area contributed by atoms with Crippen molar-refractivity contribution in [1.82, 2.24) is 4.98 Å². The topological polar surface area (TPSA) is 188 Å². The molecule has 4 N–H and O–H groups in total. The van der Waals surface area contributed by atoms with Gasteiger partial charge in [0.25, 0.3) is 11.9 Å². The molecule has 0 saturated carbocycles. The number of anilines is 1. The molecule has 1 aliphatic heterocycles. The zero-order chi connectivity index (χ0) is 25.6. The zero-order valence-electron chi connectivity index (χ0n) is 18.4. The van der Waals surface area contributed by atoms with E-state index >= 15 is 0 Å². The van der Waals surface area contributed by atoms with Crippen LogP contribution in [0.15, 0.2) is 60.8 Å². The molecule has 1 aliphatic rings. The number of hydrogen-bond donors (Lipinski definition) is 4. The van der Waals surface area contributed by atoms with E-state index in [0.29, 0.717) is 6.42 Å². The van der Waals surface area contributed by atoms with Gasteiger partial charge in [-0.2, -0.15) is 19.2 Å². The maximum absolute atomic E-state index is 10.8. The Labute approximate surface area is 206 Å². The Morgan fingerprint density at radius 2 is 1.26 bits per heavy atom. The predicted octanol–water partition coefficient (Wildman–Crippen LogP) is 2.36. The minimum Gasteiger partial charge on any atom is -0.481 e. The van der Waals surface area contributed by atoms with Gasteiger partial charge in [0, 0.05) is 50.7 Å². The van der Waals surface area contributed by atoms with Crippen LogP contribution in [-0.4, -0.2) is 45.3 Å². The molecule has 12 heteroatoms. The number of para-hydroxylation sites is 2. The van der Waals surface area contributed by atoms with E-state index in [0.717, 1.165) is 25.1 Å². The third-order valence-corrected chi connectivity index (χ3v) is 3.10. The molecule has 0 atom stereocenters. The van der Waals surface area contributed by atoms with Crippen LogP contribution in [0.5, 0.6) is 0 Å². The Bertz CT molecular complexity index is 995. The molecule has 2 heterocycles. The van der Waals surface area contributed by atoms with Crippen molar-refractivity contribution in [3.8, 4) is 0 Å². The molecule has 1 amide bonds. The number of amides is 1. The van der Waals surface area contributed by atoms with Crippen molar-refractivity contribution >= 4 is 46.7 Å². The van der Waals surface area contributed by atoms with E-state index in [9.17, 15) is 4.79 Å². The molecule has 11 nitrogen and oxygen atoms in total. The number of aromatic nitrogens is 1. The maximum Gasteiger partial charge on any atom is 0.373 e. The van der Waals surface area contributed by atoms with Gasteiger partial charge >= 0.3 is 12.3 Å². The number of aromatic amines is 1. The largest absolute Gasteiger partial charge is 0.481 e. The van der Waals surface area contributed by atoms with Crippen molar-refractivity contribution in [2.45, 2.75) is 20.3 Å². The summed E-state index contributed by atoms with van der Waals surface area (Å²) in [5, 5.41) is 18.9. The van der Waals surface area contributed by atoms with E-state index in [2.05, 4.69) is 28.5 Å². The number of fused-ring (bicyclic) bond motifs is 2. The summed E-state index contributed by atoms with van der Waals surface area (Å²) >= 11 is 0. The van der Waals surface area contributed by atoms with Gasteiger partial charge in [0.1, 0.15) is 0 Å². The van der Waals surface area contributed by atoms with E-state index in [1.54, 1.807) is 0 Å². The van der Waals surface area contributed by atoms with Crippen molar-refractivity contribution in [3.63, 3.8) is 0 Å². The molecular weight excluding hydrogens is 502 g/mol. The predicted molar refractivity (Wildman–Crippen MR) is 114 cm³/mol. The summed E-state index contributed by atoms with van der Waals surface area (Å²) in [7, 11) is 0. The van der Waals surface area contributed by atoms with Gasteiger partial charge in [0.2, 0.25) is 5.91 Å². The van der Waals surface area contributed by atoms with E-state index < -0.39 is 11.9 Å². The third-order valence-electron chi connectivity index (χ3n) is 3.10. The van der Waals surface area contributed by atoms with Crippen molar-refractivity contribution in [2.24, 2.45) is 0 Å². The minimum atomic E-state index is -0.833. The normalized spacial score (nSPS) is 8.94. The van der Waals surface area contributed by atoms with Gasteiger partial charge in [-0.05, 0) is 29.1 Å². The summed E-state index contributed by atoms with van der Waals surface area (Å²) in [6, 6.07) is 18.0. The number of nitrogens with one attached hydrogen (secondary N) is 2. The zero-order valence-corrected chi connectivity index (χ0v) is 21.4. The van der Waals surface area contributed by atoms with E-state index in [4.69, 9.17) is 39.0 Å². The van der Waals surface area contributed by atoms with Crippen LogP contribution in [0.3, 0.4) is 0 Å². The molecule has 3 aromatic rings. The molecule has 34 heavy (non-hydrogen) atoms. The monoisotopic (exact) mass is 522 g/mol. The van der Waals surface area contributed by atoms with Gasteiger partial charge < -0.3 is 20.5 Å². The Morgan fingerprint density at radius 1 is 0.824 bits per heavy atom. The van der Waals surface area contributed by atoms with E-state index in [1.807, 2.05) is 42.6 Å². The third kappa shape index (κ3) is 19.7. The van der Waals surface area contributed by atoms with Crippen LogP contribution in [-0.2, 0) is 59.5 Å². The quantitative estimate of drug-likeness (QED) is 0.321. The minimum absolute atomic E-state index is 0. The molecular formula is C22H22N2O9Zn. The molecule has 4 rings (SSSR count). The SMILES string of the molecule is CC(=O)O.CC(=O)O.O=C1Cc2ccccc2N1.O=C=O.O=C=O.[Zn].c1ccc2[nH]ccc2c1. The molecule has 0 fully saturated rings. The number of hydrogen-bond acceptors (Lipinski definition) is 7. The van der Waals surface area contributed by atoms with E-state index in [-0.39, 0.29) is 37.7 Å². The molecule has 0 bridgehead atoms. The summed E-state index contributed by atoms with van der Waals surface area (Å²) < 4.78 is 0. The standard InChI is InChI=1S/C8H7NO.C8H7N.2C2H4O2.2CO2.Zn/c10-8-5-6-3-1-2-4-7(6)9-8;1-2-4-8-7(3-1)5-6-9-8;2*1-2(3)4;2*2-1-3;/h1-4H,5H2,(H,9,10);1-6,9H;2*1H3,(H,3,4);;;. The Balaban J connectivity index is -0.000000368. The van der Waals surface area contributed by atoms with Crippen LogP contribution in [0, 0.1) is 0 Å². The maximum atomic E-state index is 10.8. The van der Waals surface area contributed by atoms with Gasteiger partial charge in [-0.15, -0.1) is 0 Å². The first-order chi connectivity index (χ1) is 15.6. The first-order valence-electron chi connectivity index (χ1n) is 8.90. The Morgan fingerprint density at radius 3 is 1.74 bits per heavy atom. The summed E-state index contributed by atoms with van der Waals surface area (Å²) in [6.07, 6.45) is 2.99. The van der Waals surface area contributed by atoms with Crippen LogP contribution in [0.25, 0.3) is 10.9 Å². The summed E-state index contributed by atoms with van der Waals surface area (Å²) in [5.41, 5.74) is 3.28. The number of carboxylic acids is 2. The molecule has 0 radical (unpaired) electrons. The van der Waals surface area contributed by atoms with Crippen LogP contribution >= 0.6 is 0 Å². The van der Waals surface area contributed by atoms with Crippen molar-refractivity contribution in [1.29, 1.82) is 0 Å². The van der Waals surface area contributed by atoms with Gasteiger partial charge in [-0.1, -0.05) is 36.4 Å². The molecule has 0 saturated heterocycles. The molecule has 2 aromatic carbocycles. The van der Waals surface area contributed by atoms with Crippen LogP contribution in [0.1, 0.15) is 19.4 Å². The molecule has 0 unspecified atom stereocenters. The van der Waals surface area contributed by atoms with Crippen molar-refractivity contribution < 1.29 is 63.3 Å². The fourth-order valence-corrected chi connectivity index (χ4v) is 2.16. The van der Waals surface area contributed by atoms with Gasteiger partial charge in [0.15, 0.2) is 0 Å². The second-order valence-electron chi connectivity index (χ2n) is 5.65. The molecule has 1 aromatic heterocycles. The molecule has 0 spiro atoms. The average Bonchev–Trinajstić information content (AvgIpc) is 3.34. The Kier molecular flexibility index (Phi) is 22.2.